The minimum absolute atomic E-state index is 0.123. The van der Waals surface area contributed by atoms with Crippen molar-refractivity contribution in [1.29, 1.82) is 0 Å². The molecule has 1 aliphatic rings. The standard InChI is InChI=1S/C28H33NO5/c1-5-6-7-8-14-33-21-11-9-20(10-12-21)25-24-26(30)22-16-18(2)19(3)17-23(22)34-27(24)28(31)29(25)13-15-32-4/h9-12,16-17,25H,5-8,13-15H2,1-4H3. The highest BCUT2D eigenvalue weighted by atomic mass is 16.5. The van der Waals surface area contributed by atoms with Gasteiger partial charge in [0, 0.05) is 13.7 Å². The number of amides is 1. The van der Waals surface area contributed by atoms with Crippen molar-refractivity contribution in [2.75, 3.05) is 26.9 Å². The molecule has 1 aromatic heterocycles. The lowest BCUT2D eigenvalue weighted by Gasteiger charge is -2.25. The minimum atomic E-state index is -0.529. The number of carbonyl (C=O) groups is 1. The Hall–Kier alpha value is -3.12. The van der Waals surface area contributed by atoms with Crippen molar-refractivity contribution in [3.8, 4) is 5.75 Å². The summed E-state index contributed by atoms with van der Waals surface area (Å²) < 4.78 is 17.2. The molecular weight excluding hydrogens is 430 g/mol. The van der Waals surface area contributed by atoms with E-state index in [0.717, 1.165) is 35.3 Å². The average molecular weight is 464 g/mol. The normalized spacial score (nSPS) is 15.2. The Morgan fingerprint density at radius 1 is 0.971 bits per heavy atom. The molecule has 3 aromatic rings. The van der Waals surface area contributed by atoms with Gasteiger partial charge in [-0.05, 0) is 61.2 Å². The second-order valence-electron chi connectivity index (χ2n) is 8.98. The predicted molar refractivity (Wildman–Crippen MR) is 133 cm³/mol. The third-order valence-electron chi connectivity index (χ3n) is 6.58. The molecule has 0 N–H and O–H groups in total. The Balaban J connectivity index is 1.71. The van der Waals surface area contributed by atoms with Crippen LogP contribution < -0.4 is 10.2 Å². The molecular formula is C28H33NO5. The monoisotopic (exact) mass is 463 g/mol. The number of rotatable bonds is 10. The van der Waals surface area contributed by atoms with E-state index < -0.39 is 6.04 Å². The largest absolute Gasteiger partial charge is 0.494 e. The fourth-order valence-corrected chi connectivity index (χ4v) is 4.51. The lowest BCUT2D eigenvalue weighted by molar-refractivity contribution is 0.0663. The molecule has 4 rings (SSSR count). The lowest BCUT2D eigenvalue weighted by atomic mass is 9.97. The molecule has 2 heterocycles. The molecule has 0 saturated heterocycles. The molecule has 1 atom stereocenters. The molecule has 0 spiro atoms. The molecule has 1 unspecified atom stereocenters. The highest BCUT2D eigenvalue weighted by Crippen LogP contribution is 2.38. The van der Waals surface area contributed by atoms with E-state index in [9.17, 15) is 9.59 Å². The van der Waals surface area contributed by atoms with E-state index in [1.165, 1.54) is 12.8 Å². The zero-order valence-electron chi connectivity index (χ0n) is 20.5. The van der Waals surface area contributed by atoms with Crippen molar-refractivity contribution in [1.82, 2.24) is 4.90 Å². The van der Waals surface area contributed by atoms with Gasteiger partial charge in [-0.15, -0.1) is 0 Å². The van der Waals surface area contributed by atoms with Crippen molar-refractivity contribution in [3.63, 3.8) is 0 Å². The van der Waals surface area contributed by atoms with Crippen LogP contribution in [0.4, 0.5) is 0 Å². The predicted octanol–water partition coefficient (Wildman–Crippen LogP) is 5.56. The van der Waals surface area contributed by atoms with Gasteiger partial charge < -0.3 is 18.8 Å². The summed E-state index contributed by atoms with van der Waals surface area (Å²) in [6.07, 6.45) is 4.59. The SMILES string of the molecule is CCCCCCOc1ccc(C2c3c(oc4cc(C)c(C)cc4c3=O)C(=O)N2CCOC)cc1. The van der Waals surface area contributed by atoms with Crippen molar-refractivity contribution in [2.24, 2.45) is 0 Å². The highest BCUT2D eigenvalue weighted by molar-refractivity contribution is 5.99. The van der Waals surface area contributed by atoms with Gasteiger partial charge in [0.2, 0.25) is 5.76 Å². The Bertz CT molecular complexity index is 1230. The zero-order chi connectivity index (χ0) is 24.2. The Morgan fingerprint density at radius 3 is 2.41 bits per heavy atom. The molecule has 34 heavy (non-hydrogen) atoms. The van der Waals surface area contributed by atoms with E-state index in [1.807, 2.05) is 50.2 Å². The molecule has 1 amide bonds. The van der Waals surface area contributed by atoms with E-state index in [0.29, 0.717) is 36.3 Å². The van der Waals surface area contributed by atoms with Gasteiger partial charge in [-0.25, -0.2) is 0 Å². The van der Waals surface area contributed by atoms with Crippen molar-refractivity contribution >= 4 is 16.9 Å². The summed E-state index contributed by atoms with van der Waals surface area (Å²) in [6.45, 7) is 7.52. The van der Waals surface area contributed by atoms with E-state index in [2.05, 4.69) is 6.92 Å². The summed E-state index contributed by atoms with van der Waals surface area (Å²) in [5.41, 5.74) is 3.55. The zero-order valence-corrected chi connectivity index (χ0v) is 20.5. The van der Waals surface area contributed by atoms with E-state index in [-0.39, 0.29) is 17.1 Å². The number of methoxy groups -OCH3 is 1. The molecule has 0 radical (unpaired) electrons. The molecule has 0 bridgehead atoms. The highest BCUT2D eigenvalue weighted by Gasteiger charge is 2.42. The second kappa shape index (κ2) is 10.4. The van der Waals surface area contributed by atoms with Gasteiger partial charge in [-0.3, -0.25) is 9.59 Å². The van der Waals surface area contributed by atoms with Gasteiger partial charge in [-0.2, -0.15) is 0 Å². The van der Waals surface area contributed by atoms with Crippen LogP contribution >= 0.6 is 0 Å². The van der Waals surface area contributed by atoms with Crippen LogP contribution in [-0.4, -0.2) is 37.7 Å². The fraction of sp³-hybridized carbons (Fsp3) is 0.429. The number of carbonyl (C=O) groups excluding carboxylic acids is 1. The van der Waals surface area contributed by atoms with Crippen LogP contribution in [0.5, 0.6) is 5.75 Å². The third kappa shape index (κ3) is 4.60. The van der Waals surface area contributed by atoms with Gasteiger partial charge >= 0.3 is 0 Å². The first-order chi connectivity index (χ1) is 16.5. The maximum atomic E-state index is 13.6. The van der Waals surface area contributed by atoms with Gasteiger partial charge in [0.05, 0.1) is 30.2 Å². The van der Waals surface area contributed by atoms with Gasteiger partial charge in [-0.1, -0.05) is 38.3 Å². The quantitative estimate of drug-likeness (QED) is 0.368. The number of benzene rings is 2. The van der Waals surface area contributed by atoms with E-state index >= 15 is 0 Å². The lowest BCUT2D eigenvalue weighted by Crippen LogP contribution is -2.32. The summed E-state index contributed by atoms with van der Waals surface area (Å²) in [7, 11) is 1.60. The average Bonchev–Trinajstić information content (AvgIpc) is 3.11. The molecule has 180 valence electrons. The first kappa shape index (κ1) is 24.0. The summed E-state index contributed by atoms with van der Waals surface area (Å²) in [5, 5.41) is 0.500. The number of fused-ring (bicyclic) bond motifs is 2. The van der Waals surface area contributed by atoms with Gasteiger partial charge in [0.15, 0.2) is 5.43 Å². The summed E-state index contributed by atoms with van der Waals surface area (Å²) in [5.74, 6) is 0.619. The number of ether oxygens (including phenoxy) is 2. The van der Waals surface area contributed by atoms with E-state index in [4.69, 9.17) is 13.9 Å². The van der Waals surface area contributed by atoms with Crippen LogP contribution in [0.15, 0.2) is 45.6 Å². The van der Waals surface area contributed by atoms with Crippen molar-refractivity contribution < 1.29 is 18.7 Å². The smallest absolute Gasteiger partial charge is 0.290 e. The molecule has 1 aliphatic heterocycles. The summed E-state index contributed by atoms with van der Waals surface area (Å²) >= 11 is 0. The van der Waals surface area contributed by atoms with Gasteiger partial charge in [0.1, 0.15) is 11.3 Å². The molecule has 6 heteroatoms. The van der Waals surface area contributed by atoms with Crippen LogP contribution in [0.2, 0.25) is 0 Å². The maximum absolute atomic E-state index is 13.6. The number of nitrogens with zero attached hydrogens (tertiary/aromatic N) is 1. The third-order valence-corrected chi connectivity index (χ3v) is 6.58. The Morgan fingerprint density at radius 2 is 1.71 bits per heavy atom. The van der Waals surface area contributed by atoms with Crippen molar-refractivity contribution in [3.05, 3.63) is 74.6 Å². The number of aryl methyl sites for hydroxylation is 2. The fourth-order valence-electron chi connectivity index (χ4n) is 4.51. The topological polar surface area (TPSA) is 69.0 Å². The van der Waals surface area contributed by atoms with Crippen LogP contribution in [0.1, 0.15) is 71.5 Å². The molecule has 0 saturated carbocycles. The van der Waals surface area contributed by atoms with Gasteiger partial charge in [0.25, 0.3) is 5.91 Å². The number of unbranched alkanes of at least 4 members (excludes halogenated alkanes) is 3. The van der Waals surface area contributed by atoms with Crippen molar-refractivity contribution in [2.45, 2.75) is 52.5 Å². The molecule has 0 fully saturated rings. The van der Waals surface area contributed by atoms with Crippen LogP contribution in [0, 0.1) is 13.8 Å². The molecule has 0 aliphatic carbocycles. The molecule has 6 nitrogen and oxygen atoms in total. The summed E-state index contributed by atoms with van der Waals surface area (Å²) in [6, 6.07) is 10.8. The minimum Gasteiger partial charge on any atom is -0.494 e. The summed E-state index contributed by atoms with van der Waals surface area (Å²) in [4.78, 5) is 28.6. The van der Waals surface area contributed by atoms with E-state index in [1.54, 1.807) is 12.0 Å². The Kier molecular flexibility index (Phi) is 7.37. The van der Waals surface area contributed by atoms with Crippen LogP contribution in [-0.2, 0) is 4.74 Å². The van der Waals surface area contributed by atoms with Crippen LogP contribution in [0.3, 0.4) is 0 Å². The first-order valence-electron chi connectivity index (χ1n) is 12.1. The van der Waals surface area contributed by atoms with Crippen LogP contribution in [0.25, 0.3) is 11.0 Å². The first-order valence-corrected chi connectivity index (χ1v) is 12.1. The number of hydrogen-bond donors (Lipinski definition) is 0. The number of hydrogen-bond acceptors (Lipinski definition) is 5. The Labute approximate surface area is 200 Å². The maximum Gasteiger partial charge on any atom is 0.290 e. The second-order valence-corrected chi connectivity index (χ2v) is 8.98. The molecule has 2 aromatic carbocycles.